The molecule has 0 saturated carbocycles. The second-order valence-electron chi connectivity index (χ2n) is 4.41. The van der Waals surface area contributed by atoms with Crippen LogP contribution in [0.2, 0.25) is 0 Å². The highest BCUT2D eigenvalue weighted by Gasteiger charge is 2.18. The Morgan fingerprint density at radius 1 is 1.43 bits per heavy atom. The summed E-state index contributed by atoms with van der Waals surface area (Å²) in [6, 6.07) is 7.48. The SMILES string of the molecule is NC(=S)CCN(Cc1cccnc1)C(=O)c1ccc(Br)s1. The van der Waals surface area contributed by atoms with E-state index >= 15 is 0 Å². The van der Waals surface area contributed by atoms with Crippen molar-refractivity contribution in [2.24, 2.45) is 5.73 Å². The lowest BCUT2D eigenvalue weighted by molar-refractivity contribution is 0.0753. The molecule has 7 heteroatoms. The standard InChI is InChI=1S/C14H14BrN3OS2/c15-12-4-3-11(21-12)14(19)18(7-5-13(16)20)9-10-2-1-6-17-8-10/h1-4,6,8H,5,7,9H2,(H2,16,20). The molecule has 0 aromatic carbocycles. The molecule has 0 fully saturated rings. The van der Waals surface area contributed by atoms with Gasteiger partial charge < -0.3 is 10.6 Å². The lowest BCUT2D eigenvalue weighted by atomic mass is 10.2. The lowest BCUT2D eigenvalue weighted by Crippen LogP contribution is -2.32. The number of amides is 1. The number of thiocarbonyl (C=S) groups is 1. The van der Waals surface area contributed by atoms with Gasteiger partial charge in [0, 0.05) is 31.9 Å². The zero-order valence-electron chi connectivity index (χ0n) is 11.2. The fourth-order valence-corrected chi connectivity index (χ4v) is 3.24. The summed E-state index contributed by atoms with van der Waals surface area (Å²) < 4.78 is 0.932. The van der Waals surface area contributed by atoms with Gasteiger partial charge in [-0.05, 0) is 39.7 Å². The minimum absolute atomic E-state index is 0.0224. The van der Waals surface area contributed by atoms with E-state index in [0.29, 0.717) is 29.4 Å². The minimum atomic E-state index is -0.0224. The number of thiophene rings is 1. The molecular weight excluding hydrogens is 370 g/mol. The smallest absolute Gasteiger partial charge is 0.264 e. The summed E-state index contributed by atoms with van der Waals surface area (Å²) in [6.45, 7) is 0.989. The Labute approximate surface area is 141 Å². The number of nitrogens with two attached hydrogens (primary N) is 1. The molecule has 2 heterocycles. The van der Waals surface area contributed by atoms with Gasteiger partial charge in [-0.15, -0.1) is 11.3 Å². The van der Waals surface area contributed by atoms with Gasteiger partial charge in [0.15, 0.2) is 0 Å². The van der Waals surface area contributed by atoms with E-state index in [1.165, 1.54) is 11.3 Å². The van der Waals surface area contributed by atoms with Crippen molar-refractivity contribution in [1.29, 1.82) is 0 Å². The molecule has 21 heavy (non-hydrogen) atoms. The third-order valence-electron chi connectivity index (χ3n) is 2.80. The summed E-state index contributed by atoms with van der Waals surface area (Å²) in [6.07, 6.45) is 3.97. The first kappa shape index (κ1) is 16.1. The number of aromatic nitrogens is 1. The van der Waals surface area contributed by atoms with Crippen molar-refractivity contribution in [2.75, 3.05) is 6.54 Å². The van der Waals surface area contributed by atoms with Crippen molar-refractivity contribution in [3.63, 3.8) is 0 Å². The van der Waals surface area contributed by atoms with Crippen LogP contribution in [0.5, 0.6) is 0 Å². The Balaban J connectivity index is 2.14. The van der Waals surface area contributed by atoms with Crippen LogP contribution in [0.15, 0.2) is 40.4 Å². The molecule has 0 unspecified atom stereocenters. The predicted molar refractivity (Wildman–Crippen MR) is 92.4 cm³/mol. The first-order valence-corrected chi connectivity index (χ1v) is 8.30. The van der Waals surface area contributed by atoms with Crippen LogP contribution < -0.4 is 5.73 Å². The number of carbonyl (C=O) groups is 1. The zero-order chi connectivity index (χ0) is 15.2. The molecule has 0 saturated heterocycles. The van der Waals surface area contributed by atoms with Gasteiger partial charge in [-0.25, -0.2) is 0 Å². The van der Waals surface area contributed by atoms with Crippen LogP contribution in [0, 0.1) is 0 Å². The minimum Gasteiger partial charge on any atom is -0.393 e. The zero-order valence-corrected chi connectivity index (χ0v) is 14.4. The van der Waals surface area contributed by atoms with Gasteiger partial charge in [0.2, 0.25) is 0 Å². The molecule has 0 bridgehead atoms. The average molecular weight is 384 g/mol. The second kappa shape index (κ2) is 7.63. The van der Waals surface area contributed by atoms with Crippen LogP contribution in [-0.2, 0) is 6.54 Å². The van der Waals surface area contributed by atoms with E-state index in [1.54, 1.807) is 17.3 Å². The molecule has 4 nitrogen and oxygen atoms in total. The number of nitrogens with zero attached hydrogens (tertiary/aromatic N) is 2. The van der Waals surface area contributed by atoms with E-state index in [1.807, 2.05) is 24.3 Å². The van der Waals surface area contributed by atoms with Gasteiger partial charge >= 0.3 is 0 Å². The summed E-state index contributed by atoms with van der Waals surface area (Å²) in [5.41, 5.74) is 6.53. The molecule has 0 atom stereocenters. The largest absolute Gasteiger partial charge is 0.393 e. The normalized spacial score (nSPS) is 10.3. The van der Waals surface area contributed by atoms with Crippen LogP contribution in [0.1, 0.15) is 21.7 Å². The molecule has 2 N–H and O–H groups in total. The number of pyridine rings is 1. The Morgan fingerprint density at radius 3 is 2.81 bits per heavy atom. The number of carbonyl (C=O) groups excluding carboxylic acids is 1. The molecule has 2 aromatic heterocycles. The molecule has 2 aromatic rings. The molecule has 1 amide bonds. The third kappa shape index (κ3) is 4.87. The van der Waals surface area contributed by atoms with Crippen LogP contribution >= 0.6 is 39.5 Å². The molecule has 0 radical (unpaired) electrons. The highest BCUT2D eigenvalue weighted by Crippen LogP contribution is 2.24. The maximum atomic E-state index is 12.6. The van der Waals surface area contributed by atoms with E-state index in [-0.39, 0.29) is 5.91 Å². The van der Waals surface area contributed by atoms with Crippen LogP contribution in [-0.4, -0.2) is 27.3 Å². The van der Waals surface area contributed by atoms with Gasteiger partial charge in [-0.3, -0.25) is 9.78 Å². The summed E-state index contributed by atoms with van der Waals surface area (Å²) in [5.74, 6) is -0.0224. The maximum Gasteiger partial charge on any atom is 0.264 e. The van der Waals surface area contributed by atoms with E-state index in [4.69, 9.17) is 18.0 Å². The van der Waals surface area contributed by atoms with Crippen LogP contribution in [0.25, 0.3) is 0 Å². The summed E-state index contributed by atoms with van der Waals surface area (Å²) in [4.78, 5) is 19.5. The Morgan fingerprint density at radius 2 is 2.24 bits per heavy atom. The number of halogens is 1. The molecule has 2 rings (SSSR count). The van der Waals surface area contributed by atoms with Crippen LogP contribution in [0.4, 0.5) is 0 Å². The van der Waals surface area contributed by atoms with Gasteiger partial charge in [-0.1, -0.05) is 18.3 Å². The number of hydrogen-bond donors (Lipinski definition) is 1. The lowest BCUT2D eigenvalue weighted by Gasteiger charge is -2.22. The molecular formula is C14H14BrN3OS2. The van der Waals surface area contributed by atoms with Gasteiger partial charge in [0.05, 0.1) is 13.7 Å². The molecule has 110 valence electrons. The first-order valence-electron chi connectivity index (χ1n) is 6.28. The quantitative estimate of drug-likeness (QED) is 0.777. The van der Waals surface area contributed by atoms with Crippen molar-refractivity contribution in [1.82, 2.24) is 9.88 Å². The summed E-state index contributed by atoms with van der Waals surface area (Å²) >= 11 is 9.70. The molecule has 0 spiro atoms. The van der Waals surface area contributed by atoms with E-state index in [2.05, 4.69) is 20.9 Å². The van der Waals surface area contributed by atoms with E-state index in [9.17, 15) is 4.79 Å². The summed E-state index contributed by atoms with van der Waals surface area (Å²) in [5, 5.41) is 0. The number of rotatable bonds is 6. The van der Waals surface area contributed by atoms with Gasteiger partial charge in [0.1, 0.15) is 0 Å². The Hall–Kier alpha value is -1.31. The van der Waals surface area contributed by atoms with Crippen molar-refractivity contribution in [2.45, 2.75) is 13.0 Å². The van der Waals surface area contributed by atoms with Gasteiger partial charge in [0.25, 0.3) is 5.91 Å². The van der Waals surface area contributed by atoms with Crippen molar-refractivity contribution < 1.29 is 4.79 Å². The molecule has 0 aliphatic heterocycles. The van der Waals surface area contributed by atoms with Gasteiger partial charge in [-0.2, -0.15) is 0 Å². The van der Waals surface area contributed by atoms with Crippen molar-refractivity contribution in [3.8, 4) is 0 Å². The van der Waals surface area contributed by atoms with E-state index in [0.717, 1.165) is 9.35 Å². The Bertz CT molecular complexity index is 630. The third-order valence-corrected chi connectivity index (χ3v) is 4.61. The first-order chi connectivity index (χ1) is 10.1. The number of hydrogen-bond acceptors (Lipinski definition) is 4. The topological polar surface area (TPSA) is 59.2 Å². The fraction of sp³-hybridized carbons (Fsp3) is 0.214. The van der Waals surface area contributed by atoms with E-state index < -0.39 is 0 Å². The monoisotopic (exact) mass is 383 g/mol. The predicted octanol–water partition coefficient (Wildman–Crippen LogP) is 3.22. The highest BCUT2D eigenvalue weighted by molar-refractivity contribution is 9.11. The van der Waals surface area contributed by atoms with Crippen molar-refractivity contribution >= 4 is 50.4 Å². The summed E-state index contributed by atoms with van der Waals surface area (Å²) in [7, 11) is 0. The second-order valence-corrected chi connectivity index (χ2v) is 7.40. The van der Waals surface area contributed by atoms with Crippen molar-refractivity contribution in [3.05, 3.63) is 50.9 Å². The van der Waals surface area contributed by atoms with Crippen LogP contribution in [0.3, 0.4) is 0 Å². The Kier molecular flexibility index (Phi) is 5.84. The average Bonchev–Trinajstić information content (AvgIpc) is 2.90. The molecule has 0 aliphatic carbocycles. The fourth-order valence-electron chi connectivity index (χ4n) is 1.79. The molecule has 0 aliphatic rings. The maximum absolute atomic E-state index is 12.6. The highest BCUT2D eigenvalue weighted by atomic mass is 79.9.